The first-order valence-electron chi connectivity index (χ1n) is 5.74. The van der Waals surface area contributed by atoms with Crippen molar-refractivity contribution in [2.45, 2.75) is 26.1 Å². The van der Waals surface area contributed by atoms with Crippen molar-refractivity contribution >= 4 is 11.7 Å². The highest BCUT2D eigenvalue weighted by molar-refractivity contribution is 5.95. The predicted molar refractivity (Wildman–Crippen MR) is 66.1 cm³/mol. The third-order valence-corrected chi connectivity index (χ3v) is 2.64. The predicted octanol–water partition coefficient (Wildman–Crippen LogP) is 0.559. The number of aliphatic hydroxyl groups excluding tert-OH is 2. The Hall–Kier alpha value is -1.79. The Balaban J connectivity index is 2.97. The van der Waals surface area contributed by atoms with Crippen molar-refractivity contribution in [3.8, 4) is 0 Å². The summed E-state index contributed by atoms with van der Waals surface area (Å²) in [5.74, 6) is -1.33. The second-order valence-electron chi connectivity index (χ2n) is 4.24. The normalized spacial score (nSPS) is 13.7. The number of hydrogen-bond donors (Lipinski definition) is 3. The van der Waals surface area contributed by atoms with Crippen LogP contribution in [0.3, 0.4) is 0 Å². The summed E-state index contributed by atoms with van der Waals surface area (Å²) in [5.41, 5.74) is 0.140. The van der Waals surface area contributed by atoms with Gasteiger partial charge < -0.3 is 15.5 Å². The second-order valence-corrected chi connectivity index (χ2v) is 4.24. The molecular formula is C13H16FNO4. The summed E-state index contributed by atoms with van der Waals surface area (Å²) in [4.78, 5) is 22.1. The smallest absolute Gasteiger partial charge is 0.216 e. The van der Waals surface area contributed by atoms with Crippen molar-refractivity contribution in [1.82, 2.24) is 5.32 Å². The first-order valence-corrected chi connectivity index (χ1v) is 5.74. The van der Waals surface area contributed by atoms with Crippen molar-refractivity contribution in [3.63, 3.8) is 0 Å². The van der Waals surface area contributed by atoms with E-state index >= 15 is 0 Å². The van der Waals surface area contributed by atoms with Gasteiger partial charge in [0.2, 0.25) is 5.91 Å². The number of carbonyl (C=O) groups excluding carboxylic acids is 2. The summed E-state index contributed by atoms with van der Waals surface area (Å²) < 4.78 is 13.2. The second kappa shape index (κ2) is 6.40. The van der Waals surface area contributed by atoms with Gasteiger partial charge in [-0.15, -0.1) is 0 Å². The summed E-state index contributed by atoms with van der Waals surface area (Å²) in [6, 6.07) is 3.35. The zero-order chi connectivity index (χ0) is 14.6. The van der Waals surface area contributed by atoms with Gasteiger partial charge in [0.1, 0.15) is 18.0 Å². The van der Waals surface area contributed by atoms with Crippen LogP contribution in [0.1, 0.15) is 35.9 Å². The lowest BCUT2D eigenvalue weighted by molar-refractivity contribution is -0.119. The number of carbonyl (C=O) groups is 2. The average Bonchev–Trinajstić information content (AvgIpc) is 2.34. The first-order chi connectivity index (χ1) is 8.82. The molecule has 0 saturated heterocycles. The molecule has 1 aromatic carbocycles. The number of halogens is 1. The molecule has 0 aromatic heterocycles. The van der Waals surface area contributed by atoms with Crippen molar-refractivity contribution < 1.29 is 24.2 Å². The molecule has 0 spiro atoms. The Morgan fingerprint density at radius 2 is 1.95 bits per heavy atom. The van der Waals surface area contributed by atoms with Crippen LogP contribution in [-0.4, -0.2) is 34.6 Å². The lowest BCUT2D eigenvalue weighted by Gasteiger charge is -2.20. The fraction of sp³-hybridized carbons (Fsp3) is 0.385. The number of rotatable bonds is 5. The van der Waals surface area contributed by atoms with E-state index < -0.39 is 18.0 Å². The zero-order valence-electron chi connectivity index (χ0n) is 10.7. The van der Waals surface area contributed by atoms with Crippen LogP contribution in [0.2, 0.25) is 0 Å². The molecule has 0 fully saturated rings. The molecule has 0 bridgehead atoms. The van der Waals surface area contributed by atoms with Gasteiger partial charge in [0.25, 0.3) is 0 Å². The van der Waals surface area contributed by atoms with Crippen LogP contribution < -0.4 is 5.32 Å². The molecule has 0 radical (unpaired) electrons. The Labute approximate surface area is 110 Å². The topological polar surface area (TPSA) is 86.6 Å². The molecule has 0 heterocycles. The van der Waals surface area contributed by atoms with Crippen LogP contribution in [0.25, 0.3) is 0 Å². The SMILES string of the molecule is CC(=O)NCC(O)C(O)c1cc(F)ccc1C(C)=O. The molecule has 2 atom stereocenters. The van der Waals surface area contributed by atoms with E-state index in [1.54, 1.807) is 0 Å². The highest BCUT2D eigenvalue weighted by atomic mass is 19.1. The average molecular weight is 269 g/mol. The molecule has 0 saturated carbocycles. The highest BCUT2D eigenvalue weighted by Gasteiger charge is 2.23. The van der Waals surface area contributed by atoms with Gasteiger partial charge >= 0.3 is 0 Å². The quantitative estimate of drug-likeness (QED) is 0.682. The Kier molecular flexibility index (Phi) is 5.14. The molecule has 104 valence electrons. The number of benzene rings is 1. The van der Waals surface area contributed by atoms with E-state index in [4.69, 9.17) is 0 Å². The highest BCUT2D eigenvalue weighted by Crippen LogP contribution is 2.22. The number of Topliss-reactive ketones (excluding diaryl/α,β-unsaturated/α-hetero) is 1. The first kappa shape index (κ1) is 15.3. The third kappa shape index (κ3) is 4.11. The number of ketones is 1. The maximum absolute atomic E-state index is 13.2. The van der Waals surface area contributed by atoms with Crippen LogP contribution in [0.4, 0.5) is 4.39 Å². The van der Waals surface area contributed by atoms with Crippen LogP contribution >= 0.6 is 0 Å². The number of aliphatic hydroxyl groups is 2. The van der Waals surface area contributed by atoms with Gasteiger partial charge in [0.05, 0.1) is 0 Å². The Bertz CT molecular complexity index is 490. The Morgan fingerprint density at radius 1 is 1.32 bits per heavy atom. The molecule has 1 aromatic rings. The summed E-state index contributed by atoms with van der Waals surface area (Å²) in [7, 11) is 0. The summed E-state index contributed by atoms with van der Waals surface area (Å²) >= 11 is 0. The van der Waals surface area contributed by atoms with Crippen molar-refractivity contribution in [1.29, 1.82) is 0 Å². The lowest BCUT2D eigenvalue weighted by atomic mass is 9.96. The van der Waals surface area contributed by atoms with Crippen molar-refractivity contribution in [2.75, 3.05) is 6.54 Å². The molecule has 0 aliphatic heterocycles. The lowest BCUT2D eigenvalue weighted by Crippen LogP contribution is -2.34. The summed E-state index contributed by atoms with van der Waals surface area (Å²) in [6.07, 6.45) is -2.79. The maximum atomic E-state index is 13.2. The molecular weight excluding hydrogens is 253 g/mol. The van der Waals surface area contributed by atoms with E-state index in [1.807, 2.05) is 0 Å². The largest absolute Gasteiger partial charge is 0.388 e. The van der Waals surface area contributed by atoms with Crippen LogP contribution in [0.15, 0.2) is 18.2 Å². The number of hydrogen-bond acceptors (Lipinski definition) is 4. The van der Waals surface area contributed by atoms with Crippen LogP contribution in [0, 0.1) is 5.82 Å². The standard InChI is InChI=1S/C13H16FNO4/c1-7(16)10-4-3-9(14)5-11(10)13(19)12(18)6-15-8(2)17/h3-5,12-13,18-19H,6H2,1-2H3,(H,15,17). The molecule has 3 N–H and O–H groups in total. The van der Waals surface area contributed by atoms with E-state index in [0.29, 0.717) is 0 Å². The van der Waals surface area contributed by atoms with Crippen molar-refractivity contribution in [3.05, 3.63) is 35.1 Å². The van der Waals surface area contributed by atoms with Gasteiger partial charge in [-0.3, -0.25) is 9.59 Å². The fourth-order valence-corrected chi connectivity index (χ4v) is 1.67. The van der Waals surface area contributed by atoms with Gasteiger partial charge in [0, 0.05) is 19.0 Å². The van der Waals surface area contributed by atoms with E-state index in [2.05, 4.69) is 5.32 Å². The summed E-state index contributed by atoms with van der Waals surface area (Å²) in [5, 5.41) is 22.0. The van der Waals surface area contributed by atoms with Crippen molar-refractivity contribution in [2.24, 2.45) is 0 Å². The van der Waals surface area contributed by atoms with Gasteiger partial charge in [0.15, 0.2) is 5.78 Å². The molecule has 1 rings (SSSR count). The minimum Gasteiger partial charge on any atom is -0.388 e. The molecule has 0 aliphatic carbocycles. The molecule has 1 amide bonds. The molecule has 6 heteroatoms. The Morgan fingerprint density at radius 3 is 2.47 bits per heavy atom. The number of nitrogens with one attached hydrogen (secondary N) is 1. The van der Waals surface area contributed by atoms with Gasteiger partial charge in [-0.25, -0.2) is 4.39 Å². The summed E-state index contributed by atoms with van der Waals surface area (Å²) in [6.45, 7) is 2.36. The van der Waals surface area contributed by atoms with Gasteiger partial charge in [-0.2, -0.15) is 0 Å². The van der Waals surface area contributed by atoms with E-state index in [0.717, 1.165) is 12.1 Å². The molecule has 19 heavy (non-hydrogen) atoms. The third-order valence-electron chi connectivity index (χ3n) is 2.64. The van der Waals surface area contributed by atoms with Crippen LogP contribution in [0.5, 0.6) is 0 Å². The number of amides is 1. The minimum atomic E-state index is -1.46. The monoisotopic (exact) mass is 269 g/mol. The van der Waals surface area contributed by atoms with E-state index in [9.17, 15) is 24.2 Å². The fourth-order valence-electron chi connectivity index (χ4n) is 1.67. The molecule has 0 aliphatic rings. The van der Waals surface area contributed by atoms with E-state index in [1.165, 1.54) is 19.9 Å². The molecule has 2 unspecified atom stereocenters. The van der Waals surface area contributed by atoms with E-state index in [-0.39, 0.29) is 29.4 Å². The maximum Gasteiger partial charge on any atom is 0.216 e. The van der Waals surface area contributed by atoms with Gasteiger partial charge in [-0.1, -0.05) is 0 Å². The zero-order valence-corrected chi connectivity index (χ0v) is 10.7. The minimum absolute atomic E-state index is 0.00496. The van der Waals surface area contributed by atoms with Gasteiger partial charge in [-0.05, 0) is 30.7 Å². The molecule has 5 nitrogen and oxygen atoms in total. The van der Waals surface area contributed by atoms with Crippen LogP contribution in [-0.2, 0) is 4.79 Å².